The molecule has 0 aliphatic carbocycles. The van der Waals surface area contributed by atoms with Crippen LogP contribution in [0.4, 0.5) is 0 Å². The van der Waals surface area contributed by atoms with Crippen molar-refractivity contribution >= 4 is 0 Å². The Hall–Kier alpha value is -0.930. The zero-order valence-electron chi connectivity index (χ0n) is 7.20. The van der Waals surface area contributed by atoms with Gasteiger partial charge in [0.15, 0.2) is 0 Å². The van der Waals surface area contributed by atoms with E-state index in [1.54, 1.807) is 6.20 Å². The molecule has 0 spiro atoms. The van der Waals surface area contributed by atoms with Gasteiger partial charge in [-0.05, 0) is 31.5 Å². The Bertz CT molecular complexity index is 250. The van der Waals surface area contributed by atoms with Gasteiger partial charge in [-0.3, -0.25) is 4.98 Å². The third-order valence-corrected chi connectivity index (χ3v) is 1.81. The Morgan fingerprint density at radius 2 is 2.42 bits per heavy atom. The molecule has 0 saturated carbocycles. The van der Waals surface area contributed by atoms with Gasteiger partial charge in [0.1, 0.15) is 0 Å². The number of aryl methyl sites for hydroxylation is 1. The smallest absolute Gasteiger partial charge is 0.0974 e. The van der Waals surface area contributed by atoms with Crippen LogP contribution in [-0.2, 0) is 0 Å². The Kier molecular flexibility index (Phi) is 3.19. The quantitative estimate of drug-likeness (QED) is 0.697. The molecule has 0 unspecified atom stereocenters. The zero-order chi connectivity index (χ0) is 8.97. The molecule has 0 amide bonds. The molecule has 1 heterocycles. The molecule has 1 aromatic heterocycles. The summed E-state index contributed by atoms with van der Waals surface area (Å²) in [5.74, 6) is 0. The van der Waals surface area contributed by atoms with E-state index in [-0.39, 0.29) is 0 Å². The molecule has 0 saturated heterocycles. The van der Waals surface area contributed by atoms with Crippen LogP contribution in [0.25, 0.3) is 0 Å². The average molecular weight is 166 g/mol. The van der Waals surface area contributed by atoms with Crippen LogP contribution in [0.5, 0.6) is 0 Å². The van der Waals surface area contributed by atoms with Gasteiger partial charge in [-0.1, -0.05) is 6.07 Å². The van der Waals surface area contributed by atoms with E-state index in [1.165, 1.54) is 0 Å². The second kappa shape index (κ2) is 4.18. The van der Waals surface area contributed by atoms with E-state index in [0.717, 1.165) is 11.3 Å². The van der Waals surface area contributed by atoms with Crippen molar-refractivity contribution in [3.05, 3.63) is 29.6 Å². The first kappa shape index (κ1) is 9.16. The third-order valence-electron chi connectivity index (χ3n) is 1.81. The van der Waals surface area contributed by atoms with E-state index in [9.17, 15) is 5.11 Å². The first-order valence-corrected chi connectivity index (χ1v) is 4.05. The van der Waals surface area contributed by atoms with Crippen molar-refractivity contribution in [2.45, 2.75) is 19.4 Å². The summed E-state index contributed by atoms with van der Waals surface area (Å²) in [6.07, 6.45) is 1.73. The van der Waals surface area contributed by atoms with E-state index in [0.29, 0.717) is 13.0 Å². The van der Waals surface area contributed by atoms with Crippen molar-refractivity contribution in [3.63, 3.8) is 0 Å². The fourth-order valence-electron chi connectivity index (χ4n) is 1.14. The van der Waals surface area contributed by atoms with Crippen LogP contribution in [0.2, 0.25) is 0 Å². The number of aliphatic hydroxyl groups excluding tert-OH is 1. The maximum Gasteiger partial charge on any atom is 0.0974 e. The molecule has 0 fully saturated rings. The van der Waals surface area contributed by atoms with Gasteiger partial charge >= 0.3 is 0 Å². The maximum atomic E-state index is 9.56. The number of rotatable bonds is 3. The Balaban J connectivity index is 2.79. The van der Waals surface area contributed by atoms with Gasteiger partial charge in [-0.2, -0.15) is 0 Å². The molecule has 0 bridgehead atoms. The largest absolute Gasteiger partial charge is 0.387 e. The topological polar surface area (TPSA) is 59.1 Å². The minimum atomic E-state index is -0.517. The molecule has 3 heteroatoms. The first-order chi connectivity index (χ1) is 5.75. The standard InChI is InChI=1S/C9H14N2O/c1-7-3-2-6-11-9(7)8(12)4-5-10/h2-3,6,8,12H,4-5,10H2,1H3/t8-/m1/s1. The summed E-state index contributed by atoms with van der Waals surface area (Å²) in [5, 5.41) is 9.56. The summed E-state index contributed by atoms with van der Waals surface area (Å²) >= 11 is 0. The molecular formula is C9H14N2O. The highest BCUT2D eigenvalue weighted by Gasteiger charge is 2.09. The van der Waals surface area contributed by atoms with Gasteiger partial charge in [0.05, 0.1) is 11.8 Å². The lowest BCUT2D eigenvalue weighted by Gasteiger charge is -2.10. The average Bonchev–Trinajstić information content (AvgIpc) is 2.05. The Labute approximate surface area is 72.2 Å². The third kappa shape index (κ3) is 2.03. The molecule has 1 rings (SSSR count). The summed E-state index contributed by atoms with van der Waals surface area (Å²) in [7, 11) is 0. The van der Waals surface area contributed by atoms with Gasteiger partial charge in [0.2, 0.25) is 0 Å². The molecule has 0 radical (unpaired) electrons. The van der Waals surface area contributed by atoms with Crippen LogP contribution < -0.4 is 5.73 Å². The maximum absolute atomic E-state index is 9.56. The van der Waals surface area contributed by atoms with Crippen LogP contribution in [0, 0.1) is 6.92 Å². The molecule has 1 aromatic rings. The summed E-state index contributed by atoms with van der Waals surface area (Å²) in [6, 6.07) is 3.79. The lowest BCUT2D eigenvalue weighted by atomic mass is 10.1. The van der Waals surface area contributed by atoms with Crippen molar-refractivity contribution < 1.29 is 5.11 Å². The molecule has 12 heavy (non-hydrogen) atoms. The second-order valence-electron chi connectivity index (χ2n) is 2.80. The highest BCUT2D eigenvalue weighted by atomic mass is 16.3. The van der Waals surface area contributed by atoms with Gasteiger partial charge < -0.3 is 10.8 Å². The van der Waals surface area contributed by atoms with Gasteiger partial charge in [-0.15, -0.1) is 0 Å². The van der Waals surface area contributed by atoms with Gasteiger partial charge in [0, 0.05) is 6.20 Å². The number of aromatic nitrogens is 1. The number of hydrogen-bond donors (Lipinski definition) is 2. The molecule has 0 aromatic carbocycles. The van der Waals surface area contributed by atoms with Crippen LogP contribution >= 0.6 is 0 Å². The zero-order valence-corrected chi connectivity index (χ0v) is 7.20. The highest BCUT2D eigenvalue weighted by molar-refractivity contribution is 5.19. The van der Waals surface area contributed by atoms with Gasteiger partial charge in [-0.25, -0.2) is 0 Å². The predicted molar refractivity (Wildman–Crippen MR) is 47.6 cm³/mol. The number of nitrogens with zero attached hydrogens (tertiary/aromatic N) is 1. The molecular weight excluding hydrogens is 152 g/mol. The fraction of sp³-hybridized carbons (Fsp3) is 0.444. The molecule has 1 atom stereocenters. The van der Waals surface area contributed by atoms with Crippen LogP contribution in [0.1, 0.15) is 23.8 Å². The van der Waals surface area contributed by atoms with Crippen LogP contribution in [-0.4, -0.2) is 16.6 Å². The molecule has 3 nitrogen and oxygen atoms in total. The highest BCUT2D eigenvalue weighted by Crippen LogP contribution is 2.16. The van der Waals surface area contributed by atoms with Crippen molar-refractivity contribution in [2.75, 3.05) is 6.54 Å². The first-order valence-electron chi connectivity index (χ1n) is 4.05. The van der Waals surface area contributed by atoms with E-state index < -0.39 is 6.10 Å². The van der Waals surface area contributed by atoms with Crippen molar-refractivity contribution in [1.29, 1.82) is 0 Å². The lowest BCUT2D eigenvalue weighted by Crippen LogP contribution is -2.09. The number of nitrogens with two attached hydrogens (primary N) is 1. The number of pyridine rings is 1. The minimum Gasteiger partial charge on any atom is -0.387 e. The van der Waals surface area contributed by atoms with Crippen molar-refractivity contribution in [1.82, 2.24) is 4.98 Å². The minimum absolute atomic E-state index is 0.483. The number of hydrogen-bond acceptors (Lipinski definition) is 3. The van der Waals surface area contributed by atoms with Crippen molar-refractivity contribution in [3.8, 4) is 0 Å². The van der Waals surface area contributed by atoms with Gasteiger partial charge in [0.25, 0.3) is 0 Å². The SMILES string of the molecule is Cc1cccnc1[C@H](O)CCN. The van der Waals surface area contributed by atoms with E-state index in [1.807, 2.05) is 19.1 Å². The van der Waals surface area contributed by atoms with E-state index in [4.69, 9.17) is 5.73 Å². The normalized spacial score (nSPS) is 12.9. The Morgan fingerprint density at radius 1 is 1.67 bits per heavy atom. The molecule has 0 aliphatic heterocycles. The molecule has 0 aliphatic rings. The van der Waals surface area contributed by atoms with Crippen LogP contribution in [0.3, 0.4) is 0 Å². The van der Waals surface area contributed by atoms with E-state index in [2.05, 4.69) is 4.98 Å². The summed E-state index contributed by atoms with van der Waals surface area (Å²) in [6.45, 7) is 2.42. The summed E-state index contributed by atoms with van der Waals surface area (Å²) in [4.78, 5) is 4.09. The Morgan fingerprint density at radius 3 is 3.00 bits per heavy atom. The van der Waals surface area contributed by atoms with Crippen molar-refractivity contribution in [2.24, 2.45) is 5.73 Å². The monoisotopic (exact) mass is 166 g/mol. The number of aliphatic hydroxyl groups is 1. The summed E-state index contributed by atoms with van der Waals surface area (Å²) < 4.78 is 0. The fourth-order valence-corrected chi connectivity index (χ4v) is 1.14. The lowest BCUT2D eigenvalue weighted by molar-refractivity contribution is 0.165. The second-order valence-corrected chi connectivity index (χ2v) is 2.80. The predicted octanol–water partition coefficient (Wildman–Crippen LogP) is 0.772. The summed E-state index contributed by atoms with van der Waals surface area (Å²) in [5.41, 5.74) is 7.08. The van der Waals surface area contributed by atoms with E-state index >= 15 is 0 Å². The molecule has 3 N–H and O–H groups in total. The molecule has 66 valence electrons. The van der Waals surface area contributed by atoms with Crippen LogP contribution in [0.15, 0.2) is 18.3 Å².